The average Bonchev–Trinajstić information content (AvgIpc) is 2.98. The smallest absolute Gasteiger partial charge is 0.317 e. The van der Waals surface area contributed by atoms with Gasteiger partial charge in [0.05, 0.1) is 13.1 Å². The number of hydrogen-bond donors (Lipinski definition) is 1. The molecule has 0 aliphatic heterocycles. The Labute approximate surface area is 99.6 Å². The van der Waals surface area contributed by atoms with Crippen LogP contribution in [0.5, 0.6) is 0 Å². The van der Waals surface area contributed by atoms with Crippen LogP contribution in [0, 0.1) is 0 Å². The summed E-state index contributed by atoms with van der Waals surface area (Å²) >= 11 is 0. The fourth-order valence-electron chi connectivity index (χ4n) is 1.61. The van der Waals surface area contributed by atoms with Crippen molar-refractivity contribution in [3.8, 4) is 0 Å². The maximum Gasteiger partial charge on any atom is 0.317 e. The lowest BCUT2D eigenvalue weighted by Crippen LogP contribution is -2.35. The van der Waals surface area contributed by atoms with Crippen LogP contribution in [0.1, 0.15) is 44.3 Å². The molecule has 0 radical (unpaired) electrons. The Morgan fingerprint density at radius 1 is 1.59 bits per heavy atom. The fraction of sp³-hybridized carbons (Fsp3) is 0.727. The molecule has 0 saturated heterocycles. The molecule has 2 rings (SSSR count). The van der Waals surface area contributed by atoms with Gasteiger partial charge in [-0.2, -0.15) is 4.98 Å². The second-order valence-electron chi connectivity index (χ2n) is 4.71. The van der Waals surface area contributed by atoms with Crippen LogP contribution in [0.3, 0.4) is 0 Å². The van der Waals surface area contributed by atoms with Crippen molar-refractivity contribution in [3.05, 3.63) is 11.7 Å². The van der Waals surface area contributed by atoms with Gasteiger partial charge >= 0.3 is 5.97 Å². The van der Waals surface area contributed by atoms with Gasteiger partial charge in [-0.05, 0) is 26.7 Å². The minimum Gasteiger partial charge on any atom is -0.480 e. The van der Waals surface area contributed by atoms with Gasteiger partial charge in [0, 0.05) is 12.0 Å². The monoisotopic (exact) mass is 239 g/mol. The molecule has 1 aromatic rings. The summed E-state index contributed by atoms with van der Waals surface area (Å²) in [7, 11) is 0. The van der Waals surface area contributed by atoms with Crippen LogP contribution in [0.2, 0.25) is 0 Å². The molecule has 0 spiro atoms. The Hall–Kier alpha value is -1.43. The van der Waals surface area contributed by atoms with Gasteiger partial charge in [0.1, 0.15) is 0 Å². The minimum absolute atomic E-state index is 0.0151. The maximum atomic E-state index is 10.7. The molecule has 1 aliphatic carbocycles. The lowest BCUT2D eigenvalue weighted by atomic mass is 10.3. The van der Waals surface area contributed by atoms with Gasteiger partial charge in [-0.15, -0.1) is 0 Å². The lowest BCUT2D eigenvalue weighted by molar-refractivity contribution is -0.139. The first-order chi connectivity index (χ1) is 8.06. The van der Waals surface area contributed by atoms with Crippen molar-refractivity contribution in [1.82, 2.24) is 15.0 Å². The highest BCUT2D eigenvalue weighted by atomic mass is 16.5. The predicted octanol–water partition coefficient (Wildman–Crippen LogP) is 1.24. The molecule has 0 amide bonds. The highest BCUT2D eigenvalue weighted by molar-refractivity contribution is 5.69. The quantitative estimate of drug-likeness (QED) is 0.804. The molecule has 0 atom stereocenters. The first kappa shape index (κ1) is 12.0. The molecule has 6 heteroatoms. The van der Waals surface area contributed by atoms with Crippen LogP contribution in [0.15, 0.2) is 4.52 Å². The maximum absolute atomic E-state index is 10.7. The molecule has 1 aliphatic rings. The van der Waals surface area contributed by atoms with E-state index in [1.807, 2.05) is 13.8 Å². The van der Waals surface area contributed by atoms with Gasteiger partial charge < -0.3 is 9.63 Å². The first-order valence-corrected chi connectivity index (χ1v) is 5.84. The number of carboxylic acids is 1. The Morgan fingerprint density at radius 2 is 2.29 bits per heavy atom. The zero-order valence-corrected chi connectivity index (χ0v) is 10.1. The summed E-state index contributed by atoms with van der Waals surface area (Å²) in [6.45, 7) is 4.27. The highest BCUT2D eigenvalue weighted by Gasteiger charge is 2.29. The summed E-state index contributed by atoms with van der Waals surface area (Å²) in [4.78, 5) is 16.8. The normalized spacial score (nSPS) is 15.8. The highest BCUT2D eigenvalue weighted by Crippen LogP contribution is 2.38. The van der Waals surface area contributed by atoms with Crippen molar-refractivity contribution in [1.29, 1.82) is 0 Å². The Balaban J connectivity index is 1.97. The molecule has 1 saturated carbocycles. The third kappa shape index (κ3) is 3.26. The van der Waals surface area contributed by atoms with E-state index in [1.54, 1.807) is 4.90 Å². The number of rotatable bonds is 6. The van der Waals surface area contributed by atoms with E-state index >= 15 is 0 Å². The molecular formula is C11H17N3O3. The molecule has 1 N–H and O–H groups in total. The summed E-state index contributed by atoms with van der Waals surface area (Å²) in [6, 6.07) is 0.127. The van der Waals surface area contributed by atoms with Gasteiger partial charge in [0.15, 0.2) is 5.82 Å². The molecule has 0 bridgehead atoms. The van der Waals surface area contributed by atoms with Crippen LogP contribution >= 0.6 is 0 Å². The standard InChI is InChI=1S/C11H17N3O3/c1-7(2)14(6-10(15)16)5-9-12-11(13-17-9)8-3-4-8/h7-8H,3-6H2,1-2H3,(H,15,16). The van der Waals surface area contributed by atoms with E-state index in [2.05, 4.69) is 10.1 Å². The summed E-state index contributed by atoms with van der Waals surface area (Å²) < 4.78 is 5.13. The van der Waals surface area contributed by atoms with Crippen LogP contribution < -0.4 is 0 Å². The number of carbonyl (C=O) groups is 1. The molecule has 1 fully saturated rings. The summed E-state index contributed by atoms with van der Waals surface area (Å²) in [5, 5.41) is 12.7. The van der Waals surface area contributed by atoms with Gasteiger partial charge in [-0.1, -0.05) is 5.16 Å². The van der Waals surface area contributed by atoms with Crippen molar-refractivity contribution >= 4 is 5.97 Å². The van der Waals surface area contributed by atoms with Crippen molar-refractivity contribution in [2.75, 3.05) is 6.54 Å². The summed E-state index contributed by atoms with van der Waals surface area (Å²) in [5.41, 5.74) is 0. The number of nitrogens with zero attached hydrogens (tertiary/aromatic N) is 3. The van der Waals surface area contributed by atoms with Gasteiger partial charge in [-0.25, -0.2) is 0 Å². The van der Waals surface area contributed by atoms with E-state index in [0.29, 0.717) is 18.4 Å². The topological polar surface area (TPSA) is 79.5 Å². The van der Waals surface area contributed by atoms with E-state index < -0.39 is 5.97 Å². The van der Waals surface area contributed by atoms with E-state index in [4.69, 9.17) is 9.63 Å². The van der Waals surface area contributed by atoms with Crippen molar-refractivity contribution in [3.63, 3.8) is 0 Å². The number of aliphatic carboxylic acids is 1. The summed E-state index contributed by atoms with van der Waals surface area (Å²) in [6.07, 6.45) is 2.25. The third-order valence-electron chi connectivity index (χ3n) is 2.83. The fourth-order valence-corrected chi connectivity index (χ4v) is 1.61. The second-order valence-corrected chi connectivity index (χ2v) is 4.71. The van der Waals surface area contributed by atoms with Crippen LogP contribution in [0.4, 0.5) is 0 Å². The van der Waals surface area contributed by atoms with Gasteiger partial charge in [0.25, 0.3) is 0 Å². The van der Waals surface area contributed by atoms with Crippen LogP contribution in [-0.4, -0.2) is 38.7 Å². The molecule has 1 aromatic heterocycles. The predicted molar refractivity (Wildman–Crippen MR) is 59.5 cm³/mol. The largest absolute Gasteiger partial charge is 0.480 e. The Morgan fingerprint density at radius 3 is 2.82 bits per heavy atom. The molecule has 0 aromatic carbocycles. The number of carboxylic acid groups (broad SMARTS) is 1. The molecular weight excluding hydrogens is 222 g/mol. The van der Waals surface area contributed by atoms with E-state index in [9.17, 15) is 4.79 Å². The van der Waals surface area contributed by atoms with E-state index in [-0.39, 0.29) is 12.6 Å². The van der Waals surface area contributed by atoms with Crippen molar-refractivity contribution in [2.45, 2.75) is 45.2 Å². The van der Waals surface area contributed by atoms with Gasteiger partial charge in [-0.3, -0.25) is 9.69 Å². The zero-order valence-electron chi connectivity index (χ0n) is 10.1. The summed E-state index contributed by atoms with van der Waals surface area (Å²) in [5.74, 6) is 0.876. The SMILES string of the molecule is CC(C)N(CC(=O)O)Cc1nc(C2CC2)no1. The Bertz CT molecular complexity index is 398. The van der Waals surface area contributed by atoms with E-state index in [1.165, 1.54) is 0 Å². The minimum atomic E-state index is -0.847. The first-order valence-electron chi connectivity index (χ1n) is 5.84. The van der Waals surface area contributed by atoms with Crippen molar-refractivity contribution < 1.29 is 14.4 Å². The third-order valence-corrected chi connectivity index (χ3v) is 2.83. The zero-order chi connectivity index (χ0) is 12.4. The van der Waals surface area contributed by atoms with Crippen LogP contribution in [0.25, 0.3) is 0 Å². The van der Waals surface area contributed by atoms with Crippen molar-refractivity contribution in [2.24, 2.45) is 0 Å². The molecule has 17 heavy (non-hydrogen) atoms. The molecule has 94 valence electrons. The van der Waals surface area contributed by atoms with E-state index in [0.717, 1.165) is 18.7 Å². The molecule has 0 unspecified atom stereocenters. The molecule has 6 nitrogen and oxygen atoms in total. The Kier molecular flexibility index (Phi) is 3.42. The number of aromatic nitrogens is 2. The van der Waals surface area contributed by atoms with Crippen LogP contribution in [-0.2, 0) is 11.3 Å². The lowest BCUT2D eigenvalue weighted by Gasteiger charge is -2.22. The second kappa shape index (κ2) is 4.83. The molecule has 1 heterocycles. The van der Waals surface area contributed by atoms with Gasteiger partial charge in [0.2, 0.25) is 5.89 Å². The average molecular weight is 239 g/mol. The number of hydrogen-bond acceptors (Lipinski definition) is 5.